The standard InChI is InChI=1S/C22H24F3N3O2S/c1-9-15(14-7-12-10(8-26)3-2-4-13(12)31-14)18(23)16(20(24)25)17-19(9)28(11-5-6-11)22(30)27-21(17)29/h7,9-11,15,20H,2-6,8,26H2,1H3,(H,27,29,30). The lowest BCUT2D eigenvalue weighted by molar-refractivity contribution is 0.209. The molecule has 5 rings (SSSR count). The Bertz CT molecular complexity index is 1190. The summed E-state index contributed by atoms with van der Waals surface area (Å²) in [5.41, 5.74) is 4.44. The Morgan fingerprint density at radius 1 is 1.29 bits per heavy atom. The molecule has 3 N–H and O–H groups in total. The number of hydrogen-bond acceptors (Lipinski definition) is 4. The molecular formula is C22H24F3N3O2S. The van der Waals surface area contributed by atoms with Gasteiger partial charge in [0.25, 0.3) is 12.0 Å². The van der Waals surface area contributed by atoms with E-state index in [1.807, 2.05) is 6.07 Å². The average Bonchev–Trinajstić information content (AvgIpc) is 3.46. The molecular weight excluding hydrogens is 427 g/mol. The maximum absolute atomic E-state index is 15.7. The zero-order chi connectivity index (χ0) is 22.0. The number of nitrogens with one attached hydrogen (secondary N) is 1. The third-order valence-corrected chi connectivity index (χ3v) is 8.19. The Labute approximate surface area is 180 Å². The number of thiophene rings is 1. The molecule has 2 aromatic rings. The van der Waals surface area contributed by atoms with Gasteiger partial charge in [0.1, 0.15) is 5.83 Å². The maximum atomic E-state index is 15.7. The van der Waals surface area contributed by atoms with Crippen molar-refractivity contribution in [3.8, 4) is 0 Å². The fraction of sp³-hybridized carbons (Fsp3) is 0.545. The van der Waals surface area contributed by atoms with E-state index in [1.165, 1.54) is 15.9 Å². The Hall–Kier alpha value is -2.13. The summed E-state index contributed by atoms with van der Waals surface area (Å²) in [6.07, 6.45) is 1.13. The van der Waals surface area contributed by atoms with Crippen molar-refractivity contribution in [3.05, 3.63) is 59.3 Å². The van der Waals surface area contributed by atoms with Crippen LogP contribution in [0.1, 0.15) is 83.0 Å². The van der Waals surface area contributed by atoms with Crippen LogP contribution in [0.5, 0.6) is 0 Å². The van der Waals surface area contributed by atoms with Crippen molar-refractivity contribution < 1.29 is 13.2 Å². The van der Waals surface area contributed by atoms with E-state index >= 15 is 4.39 Å². The predicted molar refractivity (Wildman–Crippen MR) is 114 cm³/mol. The van der Waals surface area contributed by atoms with Gasteiger partial charge in [-0.25, -0.2) is 18.0 Å². The number of aryl methyl sites for hydroxylation is 1. The van der Waals surface area contributed by atoms with Crippen LogP contribution in [0.3, 0.4) is 0 Å². The number of nitrogens with two attached hydrogens (primary N) is 1. The SMILES string of the molecule is CC1c2c(c(=O)[nH]c(=O)n2C2CC2)C(C(F)F)=C(F)C1c1cc2c(s1)CCCC2CN. The first-order chi connectivity index (χ1) is 14.8. The molecule has 3 aliphatic carbocycles. The van der Waals surface area contributed by atoms with Crippen LogP contribution in [0.25, 0.3) is 5.57 Å². The number of hydrogen-bond donors (Lipinski definition) is 2. The Morgan fingerprint density at radius 3 is 2.68 bits per heavy atom. The molecule has 0 bridgehead atoms. The van der Waals surface area contributed by atoms with Crippen LogP contribution in [0.15, 0.2) is 21.5 Å². The number of aromatic amines is 1. The van der Waals surface area contributed by atoms with E-state index in [-0.39, 0.29) is 23.2 Å². The van der Waals surface area contributed by atoms with Gasteiger partial charge >= 0.3 is 5.69 Å². The first-order valence-electron chi connectivity index (χ1n) is 10.7. The minimum Gasteiger partial charge on any atom is -0.330 e. The van der Waals surface area contributed by atoms with Gasteiger partial charge in [-0.05, 0) is 56.2 Å². The molecule has 166 valence electrons. The quantitative estimate of drug-likeness (QED) is 0.733. The number of nitrogens with zero attached hydrogens (tertiary/aromatic N) is 1. The number of rotatable bonds is 4. The van der Waals surface area contributed by atoms with Gasteiger partial charge < -0.3 is 5.73 Å². The normalized spacial score (nSPS) is 25.7. The van der Waals surface area contributed by atoms with Crippen molar-refractivity contribution in [2.75, 3.05) is 6.54 Å². The Balaban J connectivity index is 1.74. The van der Waals surface area contributed by atoms with E-state index < -0.39 is 40.9 Å². The monoisotopic (exact) mass is 451 g/mol. The van der Waals surface area contributed by atoms with Gasteiger partial charge in [-0.15, -0.1) is 11.3 Å². The van der Waals surface area contributed by atoms with Gasteiger partial charge in [-0.1, -0.05) is 6.92 Å². The van der Waals surface area contributed by atoms with Crippen molar-refractivity contribution in [3.63, 3.8) is 0 Å². The second kappa shape index (κ2) is 7.48. The number of fused-ring (bicyclic) bond motifs is 2. The van der Waals surface area contributed by atoms with Crippen LogP contribution in [-0.4, -0.2) is 22.5 Å². The lowest BCUT2D eigenvalue weighted by Gasteiger charge is -2.32. The molecule has 3 aliphatic rings. The number of alkyl halides is 2. The summed E-state index contributed by atoms with van der Waals surface area (Å²) in [7, 11) is 0. The Kier molecular flexibility index (Phi) is 5.01. The fourth-order valence-corrected chi connectivity index (χ4v) is 6.78. The van der Waals surface area contributed by atoms with Crippen molar-refractivity contribution >= 4 is 16.9 Å². The van der Waals surface area contributed by atoms with E-state index in [2.05, 4.69) is 4.98 Å². The van der Waals surface area contributed by atoms with Crippen molar-refractivity contribution in [1.82, 2.24) is 9.55 Å². The lowest BCUT2D eigenvalue weighted by Crippen LogP contribution is -2.39. The van der Waals surface area contributed by atoms with E-state index in [9.17, 15) is 18.4 Å². The number of allylic oxidation sites excluding steroid dienone is 2. The number of H-pyrrole nitrogens is 1. The second-order valence-corrected chi connectivity index (χ2v) is 9.97. The average molecular weight is 452 g/mol. The third-order valence-electron chi connectivity index (χ3n) is 6.89. The van der Waals surface area contributed by atoms with E-state index in [1.54, 1.807) is 6.92 Å². The van der Waals surface area contributed by atoms with Crippen molar-refractivity contribution in [1.29, 1.82) is 0 Å². The van der Waals surface area contributed by atoms with E-state index in [0.717, 1.165) is 42.5 Å². The summed E-state index contributed by atoms with van der Waals surface area (Å²) in [6, 6.07) is 1.78. The summed E-state index contributed by atoms with van der Waals surface area (Å²) in [6.45, 7) is 2.21. The summed E-state index contributed by atoms with van der Waals surface area (Å²) >= 11 is 1.45. The molecule has 9 heteroatoms. The maximum Gasteiger partial charge on any atom is 0.328 e. The number of aromatic nitrogens is 2. The van der Waals surface area contributed by atoms with Gasteiger partial charge in [0.15, 0.2) is 0 Å². The molecule has 1 saturated carbocycles. The van der Waals surface area contributed by atoms with Crippen molar-refractivity contribution in [2.45, 2.75) is 69.2 Å². The molecule has 31 heavy (non-hydrogen) atoms. The molecule has 0 spiro atoms. The van der Waals surface area contributed by atoms with Crippen LogP contribution < -0.4 is 17.0 Å². The molecule has 0 radical (unpaired) electrons. The fourth-order valence-electron chi connectivity index (χ4n) is 5.29. The van der Waals surface area contributed by atoms with Crippen LogP contribution >= 0.6 is 11.3 Å². The van der Waals surface area contributed by atoms with Crippen LogP contribution in [0, 0.1) is 0 Å². The van der Waals surface area contributed by atoms with Gasteiger partial charge in [-0.3, -0.25) is 14.3 Å². The highest BCUT2D eigenvalue weighted by Crippen LogP contribution is 2.53. The van der Waals surface area contributed by atoms with Crippen LogP contribution in [0.4, 0.5) is 13.2 Å². The zero-order valence-corrected chi connectivity index (χ0v) is 17.9. The molecule has 0 amide bonds. The van der Waals surface area contributed by atoms with E-state index in [4.69, 9.17) is 5.73 Å². The first-order valence-corrected chi connectivity index (χ1v) is 11.5. The second-order valence-electron chi connectivity index (χ2n) is 8.80. The molecule has 2 aromatic heterocycles. The zero-order valence-electron chi connectivity index (χ0n) is 17.1. The third kappa shape index (κ3) is 3.16. The molecule has 5 nitrogen and oxygen atoms in total. The van der Waals surface area contributed by atoms with Gasteiger partial charge in [0, 0.05) is 27.4 Å². The minimum atomic E-state index is -3.16. The molecule has 2 heterocycles. The van der Waals surface area contributed by atoms with Gasteiger partial charge in [0.05, 0.1) is 17.1 Å². The molecule has 1 fully saturated rings. The smallest absolute Gasteiger partial charge is 0.328 e. The first kappa shape index (κ1) is 20.8. The predicted octanol–water partition coefficient (Wildman–Crippen LogP) is 4.16. The number of halogens is 3. The molecule has 0 aliphatic heterocycles. The molecule has 0 aromatic carbocycles. The highest BCUT2D eigenvalue weighted by Gasteiger charge is 2.44. The molecule has 0 saturated heterocycles. The lowest BCUT2D eigenvalue weighted by atomic mass is 9.77. The van der Waals surface area contributed by atoms with E-state index in [0.29, 0.717) is 11.4 Å². The van der Waals surface area contributed by atoms with Crippen LogP contribution in [-0.2, 0) is 6.42 Å². The van der Waals surface area contributed by atoms with Crippen molar-refractivity contribution in [2.24, 2.45) is 5.73 Å². The summed E-state index contributed by atoms with van der Waals surface area (Å²) in [4.78, 5) is 29.1. The topological polar surface area (TPSA) is 80.9 Å². The summed E-state index contributed by atoms with van der Waals surface area (Å²) < 4.78 is 45.3. The highest BCUT2D eigenvalue weighted by molar-refractivity contribution is 7.12. The highest BCUT2D eigenvalue weighted by atomic mass is 32.1. The minimum absolute atomic E-state index is 0.139. The molecule has 3 unspecified atom stereocenters. The Morgan fingerprint density at radius 2 is 2.03 bits per heavy atom. The van der Waals surface area contributed by atoms with Gasteiger partial charge in [-0.2, -0.15) is 0 Å². The largest absolute Gasteiger partial charge is 0.330 e. The summed E-state index contributed by atoms with van der Waals surface area (Å²) in [5, 5.41) is 0. The van der Waals surface area contributed by atoms with Crippen LogP contribution in [0.2, 0.25) is 0 Å². The molecule has 3 atom stereocenters. The summed E-state index contributed by atoms with van der Waals surface area (Å²) in [5.74, 6) is -2.35. The van der Waals surface area contributed by atoms with Gasteiger partial charge in [0.2, 0.25) is 0 Å².